The van der Waals surface area contributed by atoms with Gasteiger partial charge in [-0.05, 0) is 6.42 Å². The molecular formula is C8H13BrF3NO. The Hall–Kier alpha value is -0.260. The van der Waals surface area contributed by atoms with E-state index in [0.29, 0.717) is 13.0 Å². The van der Waals surface area contributed by atoms with E-state index in [1.54, 1.807) is 0 Å². The van der Waals surface area contributed by atoms with E-state index >= 15 is 0 Å². The summed E-state index contributed by atoms with van der Waals surface area (Å²) in [5.41, 5.74) is 0. The van der Waals surface area contributed by atoms with Crippen LogP contribution in [0.5, 0.6) is 0 Å². The molecule has 0 aliphatic rings. The first-order valence-corrected chi connectivity index (χ1v) is 5.20. The molecule has 0 aromatic heterocycles. The second-order valence-electron chi connectivity index (χ2n) is 3.03. The predicted octanol–water partition coefficient (Wildman–Crippen LogP) is 2.62. The third-order valence-electron chi connectivity index (χ3n) is 1.50. The van der Waals surface area contributed by atoms with Gasteiger partial charge in [-0.15, -0.1) is 0 Å². The summed E-state index contributed by atoms with van der Waals surface area (Å²) in [7, 11) is 0. The third-order valence-corrected chi connectivity index (χ3v) is 1.96. The van der Waals surface area contributed by atoms with Crippen molar-refractivity contribution in [3.05, 3.63) is 0 Å². The fraction of sp³-hybridized carbons (Fsp3) is 0.875. The molecule has 0 saturated carbocycles. The fourth-order valence-corrected chi connectivity index (χ4v) is 0.983. The van der Waals surface area contributed by atoms with Gasteiger partial charge in [-0.2, -0.15) is 13.2 Å². The molecule has 0 aromatic rings. The van der Waals surface area contributed by atoms with Gasteiger partial charge < -0.3 is 5.32 Å². The Balaban J connectivity index is 3.47. The fourth-order valence-electron chi connectivity index (χ4n) is 0.754. The van der Waals surface area contributed by atoms with Gasteiger partial charge in [-0.25, -0.2) is 0 Å². The maximum Gasteiger partial charge on any atom is 0.389 e. The van der Waals surface area contributed by atoms with Gasteiger partial charge in [0.15, 0.2) is 0 Å². The van der Waals surface area contributed by atoms with E-state index in [9.17, 15) is 18.0 Å². The molecule has 1 N–H and O–H groups in total. The number of hydrogen-bond donors (Lipinski definition) is 1. The van der Waals surface area contributed by atoms with E-state index in [1.807, 2.05) is 6.92 Å². The van der Waals surface area contributed by atoms with Gasteiger partial charge in [-0.3, -0.25) is 4.79 Å². The van der Waals surface area contributed by atoms with Crippen molar-refractivity contribution in [3.8, 4) is 0 Å². The lowest BCUT2D eigenvalue weighted by Crippen LogP contribution is -2.26. The van der Waals surface area contributed by atoms with Crippen LogP contribution < -0.4 is 5.32 Å². The van der Waals surface area contributed by atoms with Gasteiger partial charge in [0.25, 0.3) is 0 Å². The SMILES string of the molecule is CC(Br)CCNC(=O)CCC(F)(F)F. The molecule has 0 bridgehead atoms. The zero-order valence-electron chi connectivity index (χ0n) is 7.83. The van der Waals surface area contributed by atoms with Crippen molar-refractivity contribution < 1.29 is 18.0 Å². The van der Waals surface area contributed by atoms with Crippen molar-refractivity contribution in [1.82, 2.24) is 5.32 Å². The number of hydrogen-bond acceptors (Lipinski definition) is 1. The monoisotopic (exact) mass is 275 g/mol. The number of nitrogens with one attached hydrogen (secondary N) is 1. The topological polar surface area (TPSA) is 29.1 Å². The van der Waals surface area contributed by atoms with Crippen molar-refractivity contribution in [2.75, 3.05) is 6.54 Å². The van der Waals surface area contributed by atoms with E-state index in [0.717, 1.165) is 0 Å². The van der Waals surface area contributed by atoms with E-state index in [-0.39, 0.29) is 4.83 Å². The van der Waals surface area contributed by atoms with E-state index in [4.69, 9.17) is 0 Å². The van der Waals surface area contributed by atoms with Crippen LogP contribution in [0.2, 0.25) is 0 Å². The maximum atomic E-state index is 11.7. The van der Waals surface area contributed by atoms with Gasteiger partial charge in [0.05, 0.1) is 6.42 Å². The number of carbonyl (C=O) groups is 1. The van der Waals surface area contributed by atoms with Crippen LogP contribution >= 0.6 is 15.9 Å². The molecule has 0 radical (unpaired) electrons. The lowest BCUT2D eigenvalue weighted by Gasteiger charge is -2.07. The van der Waals surface area contributed by atoms with E-state index < -0.39 is 24.9 Å². The van der Waals surface area contributed by atoms with Crippen LogP contribution in [0, 0.1) is 0 Å². The molecule has 84 valence electrons. The van der Waals surface area contributed by atoms with Gasteiger partial charge in [0, 0.05) is 17.8 Å². The zero-order chi connectivity index (χ0) is 11.2. The number of halogens is 4. The molecule has 0 aromatic carbocycles. The third kappa shape index (κ3) is 9.83. The highest BCUT2D eigenvalue weighted by molar-refractivity contribution is 9.09. The summed E-state index contributed by atoms with van der Waals surface area (Å²) < 4.78 is 35.0. The lowest BCUT2D eigenvalue weighted by molar-refractivity contribution is -0.144. The standard InChI is InChI=1S/C8H13BrF3NO/c1-6(9)3-5-13-7(14)2-4-8(10,11)12/h6H,2-5H2,1H3,(H,13,14). The summed E-state index contributed by atoms with van der Waals surface area (Å²) in [4.78, 5) is 11.1. The first-order valence-electron chi connectivity index (χ1n) is 4.29. The summed E-state index contributed by atoms with van der Waals surface area (Å²) in [6, 6.07) is 0. The molecule has 0 heterocycles. The van der Waals surface area contributed by atoms with Crippen molar-refractivity contribution in [1.29, 1.82) is 0 Å². The highest BCUT2D eigenvalue weighted by atomic mass is 79.9. The minimum Gasteiger partial charge on any atom is -0.356 e. The first-order chi connectivity index (χ1) is 6.31. The molecule has 0 fully saturated rings. The second kappa shape index (κ2) is 6.27. The van der Waals surface area contributed by atoms with Gasteiger partial charge in [0.1, 0.15) is 0 Å². The molecule has 0 rings (SSSR count). The average Bonchev–Trinajstić information content (AvgIpc) is 1.99. The van der Waals surface area contributed by atoms with Crippen LogP contribution in [0.3, 0.4) is 0 Å². The minimum atomic E-state index is -4.25. The molecule has 0 saturated heterocycles. The predicted molar refractivity (Wildman–Crippen MR) is 51.3 cm³/mol. The smallest absolute Gasteiger partial charge is 0.356 e. The molecule has 0 aliphatic carbocycles. The number of carbonyl (C=O) groups excluding carboxylic acids is 1. The van der Waals surface area contributed by atoms with E-state index in [1.165, 1.54) is 0 Å². The summed E-state index contributed by atoms with van der Waals surface area (Å²) in [6.07, 6.45) is -5.08. The van der Waals surface area contributed by atoms with Crippen molar-refractivity contribution in [3.63, 3.8) is 0 Å². The Labute approximate surface area is 89.4 Å². The first kappa shape index (κ1) is 13.7. The number of alkyl halides is 4. The van der Waals surface area contributed by atoms with Gasteiger partial charge in [0.2, 0.25) is 5.91 Å². The second-order valence-corrected chi connectivity index (χ2v) is 4.60. The number of amides is 1. The Morgan fingerprint density at radius 1 is 1.50 bits per heavy atom. The molecule has 1 unspecified atom stereocenters. The molecular weight excluding hydrogens is 263 g/mol. The van der Waals surface area contributed by atoms with Crippen molar-refractivity contribution >= 4 is 21.8 Å². The highest BCUT2D eigenvalue weighted by Gasteiger charge is 2.27. The lowest BCUT2D eigenvalue weighted by atomic mass is 10.3. The van der Waals surface area contributed by atoms with Crippen LogP contribution in [0.15, 0.2) is 0 Å². The summed E-state index contributed by atoms with van der Waals surface area (Å²) >= 11 is 3.26. The van der Waals surface area contributed by atoms with Crippen LogP contribution in [0.1, 0.15) is 26.2 Å². The Kier molecular flexibility index (Phi) is 6.15. The molecule has 1 amide bonds. The molecule has 0 spiro atoms. The molecule has 6 heteroatoms. The van der Waals surface area contributed by atoms with Gasteiger partial charge in [-0.1, -0.05) is 22.9 Å². The average molecular weight is 276 g/mol. The Morgan fingerprint density at radius 2 is 2.07 bits per heavy atom. The minimum absolute atomic E-state index is 0.255. The van der Waals surface area contributed by atoms with Crippen LogP contribution in [-0.4, -0.2) is 23.5 Å². The Bertz CT molecular complexity index is 182. The highest BCUT2D eigenvalue weighted by Crippen LogP contribution is 2.20. The molecule has 2 nitrogen and oxygen atoms in total. The summed E-state index contributed by atoms with van der Waals surface area (Å²) in [5, 5.41) is 2.42. The van der Waals surface area contributed by atoms with E-state index in [2.05, 4.69) is 21.2 Å². The normalized spacial score (nSPS) is 13.8. The molecule has 14 heavy (non-hydrogen) atoms. The van der Waals surface area contributed by atoms with Gasteiger partial charge >= 0.3 is 6.18 Å². The van der Waals surface area contributed by atoms with Crippen molar-refractivity contribution in [2.45, 2.75) is 37.2 Å². The van der Waals surface area contributed by atoms with Crippen molar-refractivity contribution in [2.24, 2.45) is 0 Å². The zero-order valence-corrected chi connectivity index (χ0v) is 9.41. The maximum absolute atomic E-state index is 11.7. The summed E-state index contributed by atoms with van der Waals surface area (Å²) in [5.74, 6) is -0.546. The molecule has 1 atom stereocenters. The quantitative estimate of drug-likeness (QED) is 0.768. The van der Waals surface area contributed by atoms with Crippen LogP contribution in [0.25, 0.3) is 0 Å². The largest absolute Gasteiger partial charge is 0.389 e. The van der Waals surface area contributed by atoms with Crippen LogP contribution in [-0.2, 0) is 4.79 Å². The number of rotatable bonds is 5. The van der Waals surface area contributed by atoms with Crippen LogP contribution in [0.4, 0.5) is 13.2 Å². The Morgan fingerprint density at radius 3 is 2.50 bits per heavy atom. The summed E-state index contributed by atoms with van der Waals surface area (Å²) in [6.45, 7) is 2.31. The molecule has 0 aliphatic heterocycles.